The van der Waals surface area contributed by atoms with Crippen LogP contribution in [0.3, 0.4) is 0 Å². The van der Waals surface area contributed by atoms with E-state index >= 15 is 0 Å². The first-order chi connectivity index (χ1) is 12.9. The van der Waals surface area contributed by atoms with Gasteiger partial charge in [-0.05, 0) is 50.9 Å². The van der Waals surface area contributed by atoms with E-state index in [4.69, 9.17) is 4.74 Å². The highest BCUT2D eigenvalue weighted by Crippen LogP contribution is 2.39. The molecule has 27 heavy (non-hydrogen) atoms. The molecule has 0 radical (unpaired) electrons. The van der Waals surface area contributed by atoms with Gasteiger partial charge in [0.2, 0.25) is 10.0 Å². The molecule has 6 nitrogen and oxygen atoms in total. The highest BCUT2D eigenvalue weighted by molar-refractivity contribution is 7.89. The monoisotopic (exact) mass is 393 g/mol. The number of piperazine rings is 1. The molecule has 0 N–H and O–H groups in total. The fourth-order valence-corrected chi connectivity index (χ4v) is 6.20. The number of sulfonamides is 1. The lowest BCUT2D eigenvalue weighted by molar-refractivity contribution is -0.0319. The Morgan fingerprint density at radius 3 is 2.44 bits per heavy atom. The normalized spacial score (nSPS) is 28.0. The Balaban J connectivity index is 1.38. The number of rotatable bonds is 3. The molecule has 0 amide bonds. The summed E-state index contributed by atoms with van der Waals surface area (Å²) in [6.07, 6.45) is 2.62. The number of hydrogen-bond acceptors (Lipinski definition) is 5. The molecule has 3 aliphatic heterocycles. The average Bonchev–Trinajstić information content (AvgIpc) is 3.06. The summed E-state index contributed by atoms with van der Waals surface area (Å²) in [6, 6.07) is 7.68. The largest absolute Gasteiger partial charge is 0.373 e. The summed E-state index contributed by atoms with van der Waals surface area (Å²) < 4.78 is 33.8. The molecule has 3 saturated heterocycles. The molecule has 0 unspecified atom stereocenters. The van der Waals surface area contributed by atoms with Gasteiger partial charge in [-0.15, -0.1) is 0 Å². The van der Waals surface area contributed by atoms with Crippen LogP contribution in [-0.4, -0.2) is 87.1 Å². The molecule has 7 heteroatoms. The molecule has 1 spiro atoms. The van der Waals surface area contributed by atoms with Crippen LogP contribution < -0.4 is 0 Å². The highest BCUT2D eigenvalue weighted by Gasteiger charge is 2.46. The maximum Gasteiger partial charge on any atom is 0.243 e. The molecule has 0 bridgehead atoms. The summed E-state index contributed by atoms with van der Waals surface area (Å²) in [7, 11) is -1.23. The van der Waals surface area contributed by atoms with E-state index in [2.05, 4.69) is 16.8 Å². The number of ether oxygens (including phenoxy) is 1. The first-order valence-corrected chi connectivity index (χ1v) is 11.5. The molecular formula is C20H31N3O3S. The molecule has 3 fully saturated rings. The van der Waals surface area contributed by atoms with Crippen molar-refractivity contribution in [1.29, 1.82) is 0 Å². The van der Waals surface area contributed by atoms with Gasteiger partial charge in [0.15, 0.2) is 0 Å². The minimum Gasteiger partial charge on any atom is -0.373 e. The third kappa shape index (κ3) is 3.93. The second kappa shape index (κ2) is 7.44. The van der Waals surface area contributed by atoms with Crippen LogP contribution in [0.2, 0.25) is 0 Å². The Morgan fingerprint density at radius 2 is 1.78 bits per heavy atom. The van der Waals surface area contributed by atoms with Crippen LogP contribution in [0, 0.1) is 6.92 Å². The molecule has 1 aromatic carbocycles. The van der Waals surface area contributed by atoms with Crippen molar-refractivity contribution >= 4 is 10.0 Å². The number of hydrogen-bond donors (Lipinski definition) is 0. The number of benzene rings is 1. The average molecular weight is 394 g/mol. The summed E-state index contributed by atoms with van der Waals surface area (Å²) >= 11 is 0. The minimum absolute atomic E-state index is 0.132. The fraction of sp³-hybridized carbons (Fsp3) is 0.700. The van der Waals surface area contributed by atoms with E-state index in [1.807, 2.05) is 19.1 Å². The first kappa shape index (κ1) is 19.3. The number of piperidine rings is 1. The van der Waals surface area contributed by atoms with Crippen LogP contribution in [0.1, 0.15) is 24.8 Å². The van der Waals surface area contributed by atoms with Crippen molar-refractivity contribution in [3.8, 4) is 0 Å². The van der Waals surface area contributed by atoms with E-state index < -0.39 is 10.0 Å². The summed E-state index contributed by atoms with van der Waals surface area (Å²) in [5.41, 5.74) is 0.839. The maximum absolute atomic E-state index is 13.0. The number of likely N-dealkylation sites (N-methyl/N-ethyl adjacent to an activating group) is 1. The Labute approximate surface area is 163 Å². The zero-order chi connectivity index (χ0) is 19.1. The molecule has 1 atom stereocenters. The Kier molecular flexibility index (Phi) is 5.33. The van der Waals surface area contributed by atoms with Crippen LogP contribution in [0.4, 0.5) is 0 Å². The molecule has 150 valence electrons. The van der Waals surface area contributed by atoms with Crippen LogP contribution in [0.5, 0.6) is 0 Å². The Hall–Kier alpha value is -0.990. The predicted octanol–water partition coefficient (Wildman–Crippen LogP) is 1.55. The quantitative estimate of drug-likeness (QED) is 0.780. The van der Waals surface area contributed by atoms with Crippen LogP contribution in [0.15, 0.2) is 29.2 Å². The van der Waals surface area contributed by atoms with E-state index in [0.29, 0.717) is 24.0 Å². The summed E-state index contributed by atoms with van der Waals surface area (Å²) in [6.45, 7) is 8.25. The smallest absolute Gasteiger partial charge is 0.243 e. The molecular weight excluding hydrogens is 362 g/mol. The van der Waals surface area contributed by atoms with Gasteiger partial charge in [0.05, 0.1) is 17.1 Å². The highest BCUT2D eigenvalue weighted by atomic mass is 32.2. The lowest BCUT2D eigenvalue weighted by atomic mass is 9.88. The fourth-order valence-electron chi connectivity index (χ4n) is 4.65. The molecule has 4 rings (SSSR count). The summed E-state index contributed by atoms with van der Waals surface area (Å²) in [4.78, 5) is 5.34. The molecule has 0 aliphatic carbocycles. The minimum atomic E-state index is -3.41. The lowest BCUT2D eigenvalue weighted by Gasteiger charge is -2.39. The van der Waals surface area contributed by atoms with Gasteiger partial charge in [-0.3, -0.25) is 4.90 Å². The van der Waals surface area contributed by atoms with Crippen molar-refractivity contribution in [1.82, 2.24) is 14.1 Å². The van der Waals surface area contributed by atoms with Crippen molar-refractivity contribution in [2.24, 2.45) is 0 Å². The van der Waals surface area contributed by atoms with Gasteiger partial charge in [-0.1, -0.05) is 12.1 Å². The van der Waals surface area contributed by atoms with E-state index in [1.165, 1.54) is 0 Å². The SMILES string of the molecule is Cc1cccc(S(=O)(=O)N2CCC3(CC2)C[C@@H](N2CCN(C)CC2)CO3)c1. The van der Waals surface area contributed by atoms with Gasteiger partial charge in [0.25, 0.3) is 0 Å². The molecule has 0 saturated carbocycles. The molecule has 3 aliphatic rings. The van der Waals surface area contributed by atoms with Crippen molar-refractivity contribution < 1.29 is 13.2 Å². The van der Waals surface area contributed by atoms with E-state index in [1.54, 1.807) is 16.4 Å². The number of nitrogens with zero attached hydrogens (tertiary/aromatic N) is 3. The molecule has 1 aromatic rings. The van der Waals surface area contributed by atoms with Crippen molar-refractivity contribution in [2.45, 2.75) is 42.7 Å². The zero-order valence-electron chi connectivity index (χ0n) is 16.4. The predicted molar refractivity (Wildman–Crippen MR) is 105 cm³/mol. The van der Waals surface area contributed by atoms with Crippen molar-refractivity contribution in [2.75, 3.05) is 52.9 Å². The third-order valence-electron chi connectivity index (χ3n) is 6.50. The standard InChI is InChI=1S/C20H31N3O3S/c1-17-4-3-5-19(14-17)27(24,25)23-8-6-20(7-9-23)15-18(16-26-20)22-12-10-21(2)11-13-22/h3-5,14,18H,6-13,15-16H2,1-2H3/t18-/m1/s1. The van der Waals surface area contributed by atoms with E-state index in [-0.39, 0.29) is 5.60 Å². The van der Waals surface area contributed by atoms with E-state index in [0.717, 1.165) is 57.6 Å². The maximum atomic E-state index is 13.0. The van der Waals surface area contributed by atoms with Crippen molar-refractivity contribution in [3.05, 3.63) is 29.8 Å². The number of aryl methyl sites for hydroxylation is 1. The molecule has 3 heterocycles. The van der Waals surface area contributed by atoms with Gasteiger partial charge in [0.1, 0.15) is 0 Å². The van der Waals surface area contributed by atoms with Gasteiger partial charge in [0, 0.05) is 45.3 Å². The van der Waals surface area contributed by atoms with Crippen LogP contribution in [-0.2, 0) is 14.8 Å². The van der Waals surface area contributed by atoms with Gasteiger partial charge >= 0.3 is 0 Å². The van der Waals surface area contributed by atoms with Gasteiger partial charge in [-0.25, -0.2) is 8.42 Å². The second-order valence-corrected chi connectivity index (χ2v) is 10.3. The van der Waals surface area contributed by atoms with Crippen LogP contribution in [0.25, 0.3) is 0 Å². The second-order valence-electron chi connectivity index (χ2n) is 8.41. The van der Waals surface area contributed by atoms with Crippen LogP contribution >= 0.6 is 0 Å². The lowest BCUT2D eigenvalue weighted by Crippen LogP contribution is -2.50. The summed E-state index contributed by atoms with van der Waals surface area (Å²) in [5, 5.41) is 0. The zero-order valence-corrected chi connectivity index (χ0v) is 17.2. The molecule has 0 aromatic heterocycles. The Morgan fingerprint density at radius 1 is 1.07 bits per heavy atom. The topological polar surface area (TPSA) is 53.1 Å². The van der Waals surface area contributed by atoms with Gasteiger partial charge < -0.3 is 9.64 Å². The van der Waals surface area contributed by atoms with E-state index in [9.17, 15) is 8.42 Å². The van der Waals surface area contributed by atoms with Crippen molar-refractivity contribution in [3.63, 3.8) is 0 Å². The third-order valence-corrected chi connectivity index (χ3v) is 8.40. The van der Waals surface area contributed by atoms with Gasteiger partial charge in [-0.2, -0.15) is 4.31 Å². The summed E-state index contributed by atoms with van der Waals surface area (Å²) in [5.74, 6) is 0. The first-order valence-electron chi connectivity index (χ1n) is 10.0. The Bertz CT molecular complexity index is 766.